The lowest BCUT2D eigenvalue weighted by Crippen LogP contribution is -2.16. The molecule has 0 aliphatic heterocycles. The molecule has 2 heterocycles. The molecule has 2 amide bonds. The van der Waals surface area contributed by atoms with E-state index in [2.05, 4.69) is 27.5 Å². The minimum absolute atomic E-state index is 0.112. The Bertz CT molecular complexity index is 1180. The number of nitrogens with one attached hydrogen (secondary N) is 3. The summed E-state index contributed by atoms with van der Waals surface area (Å²) in [5.41, 5.74) is 2.22. The molecule has 0 radical (unpaired) electrons. The molecular weight excluding hydrogens is 420 g/mol. The summed E-state index contributed by atoms with van der Waals surface area (Å²) >= 11 is 2.79. The standard InChI is InChI=1S/C21H22N4O3S2/c1-11-6-7-15-16(8-11)30-20-18(15)19(28)24-21(25-20)29-10-17(27)23-14-5-3-4-13(9-14)22-12(2)26/h3-5,9,11H,6-8,10H2,1-2H3,(H,22,26)(H,23,27)(H,24,25,28). The Kier molecular flexibility index (Phi) is 5.92. The Morgan fingerprint density at radius 3 is 2.83 bits per heavy atom. The SMILES string of the molecule is CC(=O)Nc1cccc(NC(=O)CSc2nc3sc4c(c3c(=O)[nH]2)CCC(C)C4)c1. The zero-order chi connectivity index (χ0) is 21.3. The van der Waals surface area contributed by atoms with Crippen molar-refractivity contribution >= 4 is 56.5 Å². The third kappa shape index (κ3) is 4.57. The third-order valence-corrected chi connectivity index (χ3v) is 6.97. The molecule has 3 N–H and O–H groups in total. The van der Waals surface area contributed by atoms with Crippen LogP contribution in [0.15, 0.2) is 34.2 Å². The van der Waals surface area contributed by atoms with Crippen LogP contribution in [-0.4, -0.2) is 27.5 Å². The topological polar surface area (TPSA) is 104 Å². The first kappa shape index (κ1) is 20.6. The number of carbonyl (C=O) groups is 2. The van der Waals surface area contributed by atoms with Crippen LogP contribution in [0, 0.1) is 5.92 Å². The third-order valence-electron chi connectivity index (χ3n) is 4.95. The van der Waals surface area contributed by atoms with Crippen LogP contribution >= 0.6 is 23.1 Å². The number of benzene rings is 1. The molecule has 1 aromatic carbocycles. The number of thioether (sulfide) groups is 1. The van der Waals surface area contributed by atoms with Crippen molar-refractivity contribution in [3.63, 3.8) is 0 Å². The molecule has 0 bridgehead atoms. The molecule has 0 spiro atoms. The Hall–Kier alpha value is -2.65. The van der Waals surface area contributed by atoms with E-state index in [9.17, 15) is 14.4 Å². The number of anilines is 2. The highest BCUT2D eigenvalue weighted by molar-refractivity contribution is 7.99. The number of amides is 2. The maximum Gasteiger partial charge on any atom is 0.260 e. The number of aromatic nitrogens is 2. The van der Waals surface area contributed by atoms with Crippen LogP contribution in [0.25, 0.3) is 10.2 Å². The quantitative estimate of drug-likeness (QED) is 0.412. The Balaban J connectivity index is 1.44. The van der Waals surface area contributed by atoms with Crippen molar-refractivity contribution < 1.29 is 9.59 Å². The van der Waals surface area contributed by atoms with E-state index in [1.54, 1.807) is 35.6 Å². The van der Waals surface area contributed by atoms with E-state index in [4.69, 9.17) is 0 Å². The summed E-state index contributed by atoms with van der Waals surface area (Å²) in [6.45, 7) is 3.66. The predicted octanol–water partition coefficient (Wildman–Crippen LogP) is 3.80. The highest BCUT2D eigenvalue weighted by Gasteiger charge is 2.23. The zero-order valence-electron chi connectivity index (χ0n) is 16.7. The molecule has 1 aliphatic carbocycles. The lowest BCUT2D eigenvalue weighted by molar-refractivity contribution is -0.114. The summed E-state index contributed by atoms with van der Waals surface area (Å²) in [7, 11) is 0. The Morgan fingerprint density at radius 1 is 1.30 bits per heavy atom. The van der Waals surface area contributed by atoms with Crippen LogP contribution in [0.2, 0.25) is 0 Å². The van der Waals surface area contributed by atoms with E-state index >= 15 is 0 Å². The normalized spacial score (nSPS) is 15.6. The number of hydrogen-bond acceptors (Lipinski definition) is 6. The van der Waals surface area contributed by atoms with E-state index in [0.29, 0.717) is 27.8 Å². The van der Waals surface area contributed by atoms with E-state index in [0.717, 1.165) is 29.7 Å². The summed E-state index contributed by atoms with van der Waals surface area (Å²) in [6.07, 6.45) is 3.02. The van der Waals surface area contributed by atoms with Gasteiger partial charge in [-0.2, -0.15) is 0 Å². The number of nitrogens with zero attached hydrogens (tertiary/aromatic N) is 1. The number of fused-ring (bicyclic) bond motifs is 3. The van der Waals surface area contributed by atoms with Crippen LogP contribution in [-0.2, 0) is 22.4 Å². The lowest BCUT2D eigenvalue weighted by atomic mass is 9.89. The molecule has 4 rings (SSSR count). The summed E-state index contributed by atoms with van der Waals surface area (Å²) in [6, 6.07) is 6.93. The van der Waals surface area contributed by atoms with Crippen molar-refractivity contribution in [3.05, 3.63) is 45.1 Å². The van der Waals surface area contributed by atoms with Gasteiger partial charge >= 0.3 is 0 Å². The molecule has 1 unspecified atom stereocenters. The molecule has 30 heavy (non-hydrogen) atoms. The van der Waals surface area contributed by atoms with Gasteiger partial charge in [-0.15, -0.1) is 11.3 Å². The number of thiophene rings is 1. The van der Waals surface area contributed by atoms with Crippen LogP contribution in [0.3, 0.4) is 0 Å². The van der Waals surface area contributed by atoms with Gasteiger partial charge in [0.05, 0.1) is 11.1 Å². The van der Waals surface area contributed by atoms with E-state index in [-0.39, 0.29) is 23.1 Å². The molecule has 0 saturated heterocycles. The van der Waals surface area contributed by atoms with Gasteiger partial charge in [-0.05, 0) is 48.9 Å². The minimum Gasteiger partial charge on any atom is -0.326 e. The van der Waals surface area contributed by atoms with Crippen LogP contribution < -0.4 is 16.2 Å². The number of carbonyl (C=O) groups excluding carboxylic acids is 2. The zero-order valence-corrected chi connectivity index (χ0v) is 18.3. The number of aryl methyl sites for hydroxylation is 1. The molecule has 1 aliphatic rings. The average molecular weight is 443 g/mol. The lowest BCUT2D eigenvalue weighted by Gasteiger charge is -2.17. The fourth-order valence-electron chi connectivity index (χ4n) is 3.61. The van der Waals surface area contributed by atoms with Crippen LogP contribution in [0.4, 0.5) is 11.4 Å². The van der Waals surface area contributed by atoms with Gasteiger partial charge in [-0.1, -0.05) is 24.8 Å². The molecule has 0 saturated carbocycles. The fraction of sp³-hybridized carbons (Fsp3) is 0.333. The van der Waals surface area contributed by atoms with Gasteiger partial charge in [-0.3, -0.25) is 14.4 Å². The molecule has 3 aromatic rings. The fourth-order valence-corrected chi connectivity index (χ4v) is 5.71. The van der Waals surface area contributed by atoms with Crippen molar-refractivity contribution in [1.82, 2.24) is 9.97 Å². The number of H-pyrrole nitrogens is 1. The van der Waals surface area contributed by atoms with Gasteiger partial charge in [0.25, 0.3) is 5.56 Å². The van der Waals surface area contributed by atoms with Gasteiger partial charge in [-0.25, -0.2) is 4.98 Å². The van der Waals surface area contributed by atoms with Gasteiger partial charge < -0.3 is 15.6 Å². The van der Waals surface area contributed by atoms with Crippen LogP contribution in [0.5, 0.6) is 0 Å². The van der Waals surface area contributed by atoms with Crippen molar-refractivity contribution in [2.24, 2.45) is 5.92 Å². The number of rotatable bonds is 5. The van der Waals surface area contributed by atoms with Crippen molar-refractivity contribution in [1.29, 1.82) is 0 Å². The van der Waals surface area contributed by atoms with E-state index < -0.39 is 0 Å². The molecular formula is C21H22N4O3S2. The summed E-state index contributed by atoms with van der Waals surface area (Å²) in [4.78, 5) is 45.6. The Morgan fingerprint density at radius 2 is 2.07 bits per heavy atom. The second kappa shape index (κ2) is 8.61. The first-order valence-corrected chi connectivity index (χ1v) is 11.5. The van der Waals surface area contributed by atoms with Crippen molar-refractivity contribution in [2.45, 2.75) is 38.3 Å². The average Bonchev–Trinajstić information content (AvgIpc) is 3.04. The maximum absolute atomic E-state index is 12.6. The smallest absolute Gasteiger partial charge is 0.260 e. The van der Waals surface area contributed by atoms with Gasteiger partial charge in [0.15, 0.2) is 5.16 Å². The molecule has 0 fully saturated rings. The largest absolute Gasteiger partial charge is 0.326 e. The molecule has 7 nitrogen and oxygen atoms in total. The minimum atomic E-state index is -0.220. The highest BCUT2D eigenvalue weighted by atomic mass is 32.2. The summed E-state index contributed by atoms with van der Waals surface area (Å²) < 4.78 is 0. The predicted molar refractivity (Wildman–Crippen MR) is 122 cm³/mol. The van der Waals surface area contributed by atoms with E-state index in [1.165, 1.54) is 23.6 Å². The first-order chi connectivity index (χ1) is 14.4. The molecule has 9 heteroatoms. The van der Waals surface area contributed by atoms with Gasteiger partial charge in [0.2, 0.25) is 11.8 Å². The van der Waals surface area contributed by atoms with Crippen molar-refractivity contribution in [2.75, 3.05) is 16.4 Å². The van der Waals surface area contributed by atoms with Crippen molar-refractivity contribution in [3.8, 4) is 0 Å². The first-order valence-electron chi connectivity index (χ1n) is 9.74. The second-order valence-electron chi connectivity index (χ2n) is 7.50. The molecule has 156 valence electrons. The maximum atomic E-state index is 12.6. The summed E-state index contributed by atoms with van der Waals surface area (Å²) in [5.74, 6) is 0.346. The van der Waals surface area contributed by atoms with Crippen LogP contribution in [0.1, 0.15) is 30.7 Å². The molecule has 2 aromatic heterocycles. The van der Waals surface area contributed by atoms with Gasteiger partial charge in [0.1, 0.15) is 4.83 Å². The van der Waals surface area contributed by atoms with E-state index in [1.807, 2.05) is 0 Å². The second-order valence-corrected chi connectivity index (χ2v) is 9.55. The number of hydrogen-bond donors (Lipinski definition) is 3. The monoisotopic (exact) mass is 442 g/mol. The van der Waals surface area contributed by atoms with Gasteiger partial charge in [0, 0.05) is 23.2 Å². The highest BCUT2D eigenvalue weighted by Crippen LogP contribution is 2.36. The number of aromatic amines is 1. The Labute approximate surface area is 181 Å². The summed E-state index contributed by atoms with van der Waals surface area (Å²) in [5, 5.41) is 6.63. The molecule has 1 atom stereocenters.